The van der Waals surface area contributed by atoms with E-state index in [2.05, 4.69) is 41.4 Å². The van der Waals surface area contributed by atoms with Gasteiger partial charge in [-0.3, -0.25) is 4.90 Å². The average molecular weight is 216 g/mol. The molecule has 2 aliphatic rings. The average Bonchev–Trinajstić information content (AvgIpc) is 2.73. The van der Waals surface area contributed by atoms with Gasteiger partial charge in [-0.15, -0.1) is 0 Å². The van der Waals surface area contributed by atoms with Crippen molar-refractivity contribution in [3.05, 3.63) is 35.4 Å². The topological polar surface area (TPSA) is 15.3 Å². The van der Waals surface area contributed by atoms with Crippen molar-refractivity contribution in [2.24, 2.45) is 5.92 Å². The van der Waals surface area contributed by atoms with E-state index in [-0.39, 0.29) is 0 Å². The lowest BCUT2D eigenvalue weighted by Gasteiger charge is -2.36. The van der Waals surface area contributed by atoms with E-state index in [1.807, 2.05) is 0 Å². The summed E-state index contributed by atoms with van der Waals surface area (Å²) in [5.41, 5.74) is 3.07. The highest BCUT2D eigenvalue weighted by atomic mass is 15.2. The molecule has 86 valence electrons. The van der Waals surface area contributed by atoms with Crippen LogP contribution in [0.3, 0.4) is 0 Å². The molecule has 2 nitrogen and oxygen atoms in total. The third kappa shape index (κ3) is 1.76. The molecule has 1 N–H and O–H groups in total. The van der Waals surface area contributed by atoms with E-state index in [0.29, 0.717) is 0 Å². The number of nitrogens with zero attached hydrogens (tertiary/aromatic N) is 1. The molecular formula is C14H20N2. The maximum absolute atomic E-state index is 3.48. The summed E-state index contributed by atoms with van der Waals surface area (Å²) >= 11 is 0. The van der Waals surface area contributed by atoms with Gasteiger partial charge >= 0.3 is 0 Å². The molecule has 0 bridgehead atoms. The normalized spacial score (nSPS) is 30.3. The molecule has 1 aromatic rings. The molecule has 0 spiro atoms. The van der Waals surface area contributed by atoms with Crippen molar-refractivity contribution in [2.75, 3.05) is 13.1 Å². The minimum atomic E-state index is 0.772. The second-order valence-electron chi connectivity index (χ2n) is 5.21. The molecule has 2 heterocycles. The zero-order valence-corrected chi connectivity index (χ0v) is 9.95. The van der Waals surface area contributed by atoms with Gasteiger partial charge in [-0.05, 0) is 36.6 Å². The van der Waals surface area contributed by atoms with E-state index >= 15 is 0 Å². The molecule has 2 unspecified atom stereocenters. The van der Waals surface area contributed by atoms with Gasteiger partial charge in [0, 0.05) is 19.1 Å². The Bertz CT molecular complexity index is 350. The van der Waals surface area contributed by atoms with E-state index in [1.54, 1.807) is 0 Å². The van der Waals surface area contributed by atoms with Gasteiger partial charge in [-0.1, -0.05) is 31.2 Å². The predicted molar refractivity (Wildman–Crippen MR) is 66.1 cm³/mol. The van der Waals surface area contributed by atoms with E-state index in [0.717, 1.165) is 25.0 Å². The maximum Gasteiger partial charge on any atom is 0.0243 e. The van der Waals surface area contributed by atoms with Crippen LogP contribution in [0, 0.1) is 5.92 Å². The first-order valence-corrected chi connectivity index (χ1v) is 6.36. The Hall–Kier alpha value is -0.860. The first-order chi connectivity index (χ1) is 7.84. The fourth-order valence-electron chi connectivity index (χ4n) is 3.14. The van der Waals surface area contributed by atoms with Crippen molar-refractivity contribution in [1.29, 1.82) is 0 Å². The molecule has 2 heteroatoms. The highest BCUT2D eigenvalue weighted by Crippen LogP contribution is 2.28. The van der Waals surface area contributed by atoms with Crippen molar-refractivity contribution >= 4 is 0 Å². The van der Waals surface area contributed by atoms with Crippen LogP contribution in [0.15, 0.2) is 24.3 Å². The van der Waals surface area contributed by atoms with Gasteiger partial charge in [0.2, 0.25) is 0 Å². The Morgan fingerprint density at radius 1 is 1.19 bits per heavy atom. The second kappa shape index (κ2) is 4.19. The smallest absolute Gasteiger partial charge is 0.0243 e. The van der Waals surface area contributed by atoms with Crippen molar-refractivity contribution in [2.45, 2.75) is 32.5 Å². The van der Waals surface area contributed by atoms with E-state index in [9.17, 15) is 0 Å². The Labute approximate surface area is 97.6 Å². The number of benzene rings is 1. The number of hydrogen-bond donors (Lipinski definition) is 1. The van der Waals surface area contributed by atoms with Gasteiger partial charge in [0.25, 0.3) is 0 Å². The molecule has 1 fully saturated rings. The summed E-state index contributed by atoms with van der Waals surface area (Å²) in [4.78, 5) is 2.66. The molecule has 3 rings (SSSR count). The monoisotopic (exact) mass is 216 g/mol. The minimum Gasteiger partial charge on any atom is -0.316 e. The first kappa shape index (κ1) is 10.3. The van der Waals surface area contributed by atoms with Crippen LogP contribution in [0.5, 0.6) is 0 Å². The van der Waals surface area contributed by atoms with Crippen LogP contribution >= 0.6 is 0 Å². The lowest BCUT2D eigenvalue weighted by atomic mass is 9.94. The Kier molecular flexibility index (Phi) is 2.70. The lowest BCUT2D eigenvalue weighted by Crippen LogP contribution is -2.46. The third-order valence-electron chi connectivity index (χ3n) is 4.07. The molecule has 2 atom stereocenters. The summed E-state index contributed by atoms with van der Waals surface area (Å²) in [7, 11) is 0. The number of hydrogen-bond acceptors (Lipinski definition) is 2. The van der Waals surface area contributed by atoms with Crippen molar-refractivity contribution < 1.29 is 0 Å². The summed E-state index contributed by atoms with van der Waals surface area (Å²) in [6.07, 6.45) is 1.30. The molecule has 0 radical (unpaired) electrons. The first-order valence-electron chi connectivity index (χ1n) is 6.36. The second-order valence-corrected chi connectivity index (χ2v) is 5.21. The fourth-order valence-corrected chi connectivity index (χ4v) is 3.14. The lowest BCUT2D eigenvalue weighted by molar-refractivity contribution is 0.119. The van der Waals surface area contributed by atoms with Gasteiger partial charge in [0.05, 0.1) is 0 Å². The third-order valence-corrected chi connectivity index (χ3v) is 4.07. The van der Waals surface area contributed by atoms with Crippen LogP contribution in [-0.4, -0.2) is 24.0 Å². The van der Waals surface area contributed by atoms with Crippen LogP contribution in [0.25, 0.3) is 0 Å². The zero-order chi connectivity index (χ0) is 11.0. The summed E-state index contributed by atoms with van der Waals surface area (Å²) in [5.74, 6) is 0.781. The number of nitrogens with one attached hydrogen (secondary N) is 1. The molecule has 16 heavy (non-hydrogen) atoms. The molecular weight excluding hydrogens is 196 g/mol. The minimum absolute atomic E-state index is 0.772. The summed E-state index contributed by atoms with van der Waals surface area (Å²) in [6, 6.07) is 9.65. The highest BCUT2D eigenvalue weighted by molar-refractivity contribution is 5.30. The Morgan fingerprint density at radius 2 is 1.88 bits per heavy atom. The van der Waals surface area contributed by atoms with E-state index in [4.69, 9.17) is 0 Å². The molecule has 0 saturated carbocycles. The van der Waals surface area contributed by atoms with Crippen molar-refractivity contribution in [1.82, 2.24) is 10.2 Å². The van der Waals surface area contributed by atoms with Crippen LogP contribution in [0.2, 0.25) is 0 Å². The summed E-state index contributed by atoms with van der Waals surface area (Å²) < 4.78 is 0. The zero-order valence-electron chi connectivity index (χ0n) is 9.95. The van der Waals surface area contributed by atoms with Crippen LogP contribution < -0.4 is 5.32 Å². The van der Waals surface area contributed by atoms with Gasteiger partial charge in [0.1, 0.15) is 0 Å². The fraction of sp³-hybridized carbons (Fsp3) is 0.571. The predicted octanol–water partition coefficient (Wildman–Crippen LogP) is 2.00. The van der Waals surface area contributed by atoms with Crippen molar-refractivity contribution in [3.8, 4) is 0 Å². The summed E-state index contributed by atoms with van der Waals surface area (Å²) in [6.45, 7) is 7.05. The molecule has 0 aromatic heterocycles. The molecule has 2 aliphatic heterocycles. The van der Waals surface area contributed by atoms with Gasteiger partial charge < -0.3 is 5.32 Å². The van der Waals surface area contributed by atoms with Gasteiger partial charge in [-0.25, -0.2) is 0 Å². The van der Waals surface area contributed by atoms with E-state index < -0.39 is 0 Å². The van der Waals surface area contributed by atoms with Crippen LogP contribution in [0.1, 0.15) is 24.5 Å². The molecule has 1 aromatic carbocycles. The quantitative estimate of drug-likeness (QED) is 0.772. The number of rotatable bonds is 1. The standard InChI is InChI=1S/C14H20N2/c1-11-8-15-7-6-14(11)16-9-12-4-2-3-5-13(12)10-16/h2-5,11,14-15H,6-10H2,1H3. The molecule has 0 amide bonds. The number of piperidine rings is 1. The molecule has 1 saturated heterocycles. The van der Waals surface area contributed by atoms with Crippen LogP contribution in [0.4, 0.5) is 0 Å². The van der Waals surface area contributed by atoms with Crippen molar-refractivity contribution in [3.63, 3.8) is 0 Å². The summed E-state index contributed by atoms with van der Waals surface area (Å²) in [5, 5.41) is 3.48. The number of fused-ring (bicyclic) bond motifs is 1. The van der Waals surface area contributed by atoms with Gasteiger partial charge in [0.15, 0.2) is 0 Å². The van der Waals surface area contributed by atoms with E-state index in [1.165, 1.54) is 30.6 Å². The highest BCUT2D eigenvalue weighted by Gasteiger charge is 2.30. The largest absolute Gasteiger partial charge is 0.316 e. The van der Waals surface area contributed by atoms with Crippen LogP contribution in [-0.2, 0) is 13.1 Å². The van der Waals surface area contributed by atoms with Gasteiger partial charge in [-0.2, -0.15) is 0 Å². The Balaban J connectivity index is 1.75. The molecule has 0 aliphatic carbocycles. The Morgan fingerprint density at radius 3 is 2.50 bits per heavy atom. The SMILES string of the molecule is CC1CNCCC1N1Cc2ccccc2C1. The maximum atomic E-state index is 3.48.